The van der Waals surface area contributed by atoms with Crippen LogP contribution in [0.25, 0.3) is 22.0 Å². The molecule has 1 aromatic heterocycles. The van der Waals surface area contributed by atoms with E-state index in [0.29, 0.717) is 77.1 Å². The Kier molecular flexibility index (Phi) is 17.2. The molecular formula is C35H43F3N2O13. The van der Waals surface area contributed by atoms with Crippen LogP contribution in [-0.4, -0.2) is 134 Å². The number of hydrogen-bond donors (Lipinski definition) is 2. The summed E-state index contributed by atoms with van der Waals surface area (Å²) in [6, 6.07) is 10.9. The van der Waals surface area contributed by atoms with Crippen LogP contribution < -0.4 is 10.5 Å². The second kappa shape index (κ2) is 22.0. The number of aromatic nitrogens is 1. The van der Waals surface area contributed by atoms with E-state index in [1.807, 2.05) is 0 Å². The van der Waals surface area contributed by atoms with Crippen molar-refractivity contribution in [2.75, 3.05) is 111 Å². The fourth-order valence-electron chi connectivity index (χ4n) is 5.00. The van der Waals surface area contributed by atoms with Gasteiger partial charge in [0.1, 0.15) is 13.2 Å². The van der Waals surface area contributed by atoms with E-state index in [1.165, 1.54) is 47.4 Å². The molecule has 15 nitrogen and oxygen atoms in total. The van der Waals surface area contributed by atoms with Crippen molar-refractivity contribution in [1.82, 2.24) is 4.98 Å². The third-order valence-corrected chi connectivity index (χ3v) is 7.47. The van der Waals surface area contributed by atoms with E-state index < -0.39 is 35.7 Å². The number of benzene rings is 2. The molecule has 1 saturated heterocycles. The number of aliphatic hydroxyl groups is 1. The lowest BCUT2D eigenvalue weighted by Crippen LogP contribution is -2.27. The van der Waals surface area contributed by atoms with Gasteiger partial charge in [-0.1, -0.05) is 24.3 Å². The molecule has 0 aliphatic carbocycles. The number of aromatic amines is 1. The van der Waals surface area contributed by atoms with Gasteiger partial charge in [-0.15, -0.1) is 0 Å². The zero-order valence-electron chi connectivity index (χ0n) is 28.9. The molecule has 3 aromatic rings. The summed E-state index contributed by atoms with van der Waals surface area (Å²) in [5.74, 6) is 0. The van der Waals surface area contributed by atoms with Crippen LogP contribution in [0, 0.1) is 0 Å². The molecule has 292 valence electrons. The average Bonchev–Trinajstić information content (AvgIpc) is 3.52. The lowest BCUT2D eigenvalue weighted by Gasteiger charge is -2.15. The molecule has 53 heavy (non-hydrogen) atoms. The monoisotopic (exact) mass is 756 g/mol. The Morgan fingerprint density at radius 1 is 0.774 bits per heavy atom. The van der Waals surface area contributed by atoms with Gasteiger partial charge in [0.2, 0.25) is 0 Å². The quantitative estimate of drug-likeness (QED) is 0.100. The maximum atomic E-state index is 13.5. The topological polar surface area (TPSA) is 174 Å². The zero-order valence-corrected chi connectivity index (χ0v) is 28.9. The number of H-pyrrole nitrogens is 1. The van der Waals surface area contributed by atoms with Gasteiger partial charge in [0.05, 0.1) is 98.0 Å². The Labute approximate surface area is 302 Å². The molecule has 4 rings (SSSR count). The Hall–Kier alpha value is -4.30. The number of halogens is 3. The van der Waals surface area contributed by atoms with Crippen LogP contribution in [0.1, 0.15) is 5.56 Å². The molecule has 0 bridgehead atoms. The van der Waals surface area contributed by atoms with Gasteiger partial charge in [0.25, 0.3) is 5.56 Å². The number of amides is 1. The highest BCUT2D eigenvalue weighted by Crippen LogP contribution is 2.36. The molecule has 1 aliphatic rings. The largest absolute Gasteiger partial charge is 0.508 e. The van der Waals surface area contributed by atoms with Crippen molar-refractivity contribution < 1.29 is 70.5 Å². The van der Waals surface area contributed by atoms with Crippen LogP contribution in [0.5, 0.6) is 0 Å². The van der Waals surface area contributed by atoms with Crippen molar-refractivity contribution in [2.45, 2.75) is 12.3 Å². The fraction of sp³-hybridized carbons (Fsp3) is 0.514. The Balaban J connectivity index is 1.05. The van der Waals surface area contributed by atoms with Crippen LogP contribution >= 0.6 is 0 Å². The van der Waals surface area contributed by atoms with E-state index in [4.69, 9.17) is 47.7 Å². The number of aliphatic hydroxyl groups excluding tert-OH is 1. The molecule has 1 unspecified atom stereocenters. The molecule has 2 aromatic carbocycles. The molecule has 1 amide bonds. The van der Waals surface area contributed by atoms with Gasteiger partial charge in [0, 0.05) is 22.3 Å². The van der Waals surface area contributed by atoms with Gasteiger partial charge in [-0.05, 0) is 29.7 Å². The summed E-state index contributed by atoms with van der Waals surface area (Å²) in [7, 11) is 0. The second-order valence-electron chi connectivity index (χ2n) is 11.3. The summed E-state index contributed by atoms with van der Waals surface area (Å²) in [5.41, 5.74) is -1.37. The highest BCUT2D eigenvalue weighted by molar-refractivity contribution is 5.94. The minimum atomic E-state index is -4.62. The van der Waals surface area contributed by atoms with E-state index in [0.717, 1.165) is 6.07 Å². The fourth-order valence-corrected chi connectivity index (χ4v) is 5.00. The van der Waals surface area contributed by atoms with Gasteiger partial charge in [0.15, 0.2) is 6.10 Å². The molecule has 2 N–H and O–H groups in total. The summed E-state index contributed by atoms with van der Waals surface area (Å²) in [5, 5.41) is 9.12. The number of hydrogen-bond acceptors (Lipinski definition) is 13. The van der Waals surface area contributed by atoms with Crippen LogP contribution in [0.2, 0.25) is 0 Å². The van der Waals surface area contributed by atoms with Crippen molar-refractivity contribution >= 4 is 28.7 Å². The number of carbonyl (C=O) groups excluding carboxylic acids is 2. The van der Waals surface area contributed by atoms with E-state index >= 15 is 0 Å². The molecular weight excluding hydrogens is 713 g/mol. The highest BCUT2D eigenvalue weighted by Gasteiger charge is 2.35. The van der Waals surface area contributed by atoms with Crippen LogP contribution in [-0.2, 0) is 48.8 Å². The Bertz CT molecular complexity index is 1640. The first kappa shape index (κ1) is 41.5. The standard InChI is InChI=1S/C35H43F3N2O13/c36-35(37,38)30-4-2-1-3-28(30)31-21-25-5-6-26(22-29(25)32(42)39-31)40-23-27(53-33(40)43)24-52-34(44)51-20-19-50-18-17-49-16-15-48-14-13-47-12-11-46-10-9-45-8-7-41/h1-6,21-22,27,41H,7-20,23-24H2,(H,39,42). The van der Waals surface area contributed by atoms with Crippen molar-refractivity contribution in [3.8, 4) is 11.3 Å². The molecule has 0 saturated carbocycles. The molecule has 1 fully saturated rings. The van der Waals surface area contributed by atoms with E-state index in [1.54, 1.807) is 0 Å². The van der Waals surface area contributed by atoms with E-state index in [9.17, 15) is 27.6 Å². The van der Waals surface area contributed by atoms with Gasteiger partial charge in [-0.25, -0.2) is 9.59 Å². The summed E-state index contributed by atoms with van der Waals surface area (Å²) >= 11 is 0. The minimum absolute atomic E-state index is 0.00202. The van der Waals surface area contributed by atoms with Gasteiger partial charge in [-0.3, -0.25) is 9.69 Å². The lowest BCUT2D eigenvalue weighted by atomic mass is 10.0. The predicted octanol–water partition coefficient (Wildman–Crippen LogP) is 3.78. The van der Waals surface area contributed by atoms with Gasteiger partial charge < -0.3 is 52.7 Å². The molecule has 2 heterocycles. The smallest absolute Gasteiger partial charge is 0.440 e. The second-order valence-corrected chi connectivity index (χ2v) is 11.3. The number of fused-ring (bicyclic) bond motifs is 1. The maximum absolute atomic E-state index is 13.5. The number of carbonyl (C=O) groups is 2. The normalized spacial score (nSPS) is 14.5. The highest BCUT2D eigenvalue weighted by atomic mass is 19.4. The van der Waals surface area contributed by atoms with Crippen LogP contribution in [0.3, 0.4) is 0 Å². The molecule has 18 heteroatoms. The van der Waals surface area contributed by atoms with Crippen molar-refractivity contribution in [2.24, 2.45) is 0 Å². The third-order valence-electron chi connectivity index (χ3n) is 7.47. The number of rotatable bonds is 24. The predicted molar refractivity (Wildman–Crippen MR) is 182 cm³/mol. The first-order valence-electron chi connectivity index (χ1n) is 16.9. The maximum Gasteiger partial charge on any atom is 0.508 e. The number of pyridine rings is 1. The number of nitrogens with zero attached hydrogens (tertiary/aromatic N) is 1. The van der Waals surface area contributed by atoms with Crippen molar-refractivity contribution in [1.29, 1.82) is 0 Å². The lowest BCUT2D eigenvalue weighted by molar-refractivity contribution is -0.137. The number of ether oxygens (including phenoxy) is 9. The van der Waals surface area contributed by atoms with Gasteiger partial charge in [-0.2, -0.15) is 13.2 Å². The van der Waals surface area contributed by atoms with Gasteiger partial charge >= 0.3 is 18.4 Å². The van der Waals surface area contributed by atoms with Crippen molar-refractivity contribution in [3.63, 3.8) is 0 Å². The number of nitrogens with one attached hydrogen (secondary N) is 1. The van der Waals surface area contributed by atoms with Crippen molar-refractivity contribution in [3.05, 3.63) is 64.4 Å². The molecule has 0 spiro atoms. The third kappa shape index (κ3) is 13.9. The number of alkyl halides is 3. The first-order chi connectivity index (χ1) is 25.7. The van der Waals surface area contributed by atoms with Crippen LogP contribution in [0.15, 0.2) is 53.3 Å². The zero-order chi connectivity index (χ0) is 37.9. The number of anilines is 1. The summed E-state index contributed by atoms with van der Waals surface area (Å²) in [4.78, 5) is 41.3. The Morgan fingerprint density at radius 3 is 1.92 bits per heavy atom. The van der Waals surface area contributed by atoms with Crippen LogP contribution in [0.4, 0.5) is 28.4 Å². The van der Waals surface area contributed by atoms with E-state index in [-0.39, 0.29) is 56.2 Å². The summed E-state index contributed by atoms with van der Waals surface area (Å²) in [6.45, 7) is 3.98. The average molecular weight is 757 g/mol. The summed E-state index contributed by atoms with van der Waals surface area (Å²) in [6.07, 6.45) is -7.14. The molecule has 1 aliphatic heterocycles. The van der Waals surface area contributed by atoms with E-state index in [2.05, 4.69) is 4.98 Å². The summed E-state index contributed by atoms with van der Waals surface area (Å²) < 4.78 is 87.9. The first-order valence-corrected chi connectivity index (χ1v) is 16.9. The molecule has 0 radical (unpaired) electrons. The minimum Gasteiger partial charge on any atom is -0.440 e. The SMILES string of the molecule is O=C(OCCOCCOCCOCCOCCOCCOCCO)OCC1CN(c2ccc3cc(-c4ccccc4C(F)(F)F)[nH]c(=O)c3c2)C(=O)O1. The number of cyclic esters (lactones) is 1. The Morgan fingerprint density at radius 2 is 1.34 bits per heavy atom. The molecule has 1 atom stereocenters.